The average molecular weight is 291 g/mol. The molecule has 0 saturated heterocycles. The van der Waals surface area contributed by atoms with Crippen LogP contribution in [0.25, 0.3) is 0 Å². The highest BCUT2D eigenvalue weighted by Crippen LogP contribution is 2.42. The Hall–Kier alpha value is -0.830. The summed E-state index contributed by atoms with van der Waals surface area (Å²) in [6.45, 7) is 10.7. The van der Waals surface area contributed by atoms with Crippen LogP contribution < -0.4 is 5.32 Å². The Bertz CT molecular complexity index is 435. The number of aromatic nitrogens is 2. The molecule has 1 heterocycles. The molecule has 0 radical (unpaired) electrons. The number of hydrogen-bond donors (Lipinski definition) is 1. The van der Waals surface area contributed by atoms with Gasteiger partial charge in [-0.2, -0.15) is 5.10 Å². The van der Waals surface area contributed by atoms with Crippen molar-refractivity contribution in [1.82, 2.24) is 15.1 Å². The molecule has 3 nitrogen and oxygen atoms in total. The van der Waals surface area contributed by atoms with E-state index in [1.54, 1.807) is 0 Å². The van der Waals surface area contributed by atoms with Crippen LogP contribution in [0.3, 0.4) is 0 Å². The largest absolute Gasteiger partial charge is 0.314 e. The lowest BCUT2D eigenvalue weighted by atomic mass is 9.64. The van der Waals surface area contributed by atoms with Crippen LogP contribution in [0.1, 0.15) is 59.1 Å². The normalized spacial score (nSPS) is 27.0. The molecule has 1 N–H and O–H groups in total. The number of aryl methyl sites for hydroxylation is 2. The summed E-state index contributed by atoms with van der Waals surface area (Å²) in [5.41, 5.74) is 1.74. The zero-order valence-corrected chi connectivity index (χ0v) is 14.5. The average Bonchev–Trinajstić information content (AvgIpc) is 2.82. The molecular formula is C18H33N3. The summed E-state index contributed by atoms with van der Waals surface area (Å²) >= 11 is 0. The third-order valence-electron chi connectivity index (χ3n) is 5.53. The highest BCUT2D eigenvalue weighted by molar-refractivity contribution is 5.02. The van der Waals surface area contributed by atoms with E-state index >= 15 is 0 Å². The summed E-state index contributed by atoms with van der Waals surface area (Å²) in [6, 6.07) is 2.85. The van der Waals surface area contributed by atoms with E-state index in [0.717, 1.165) is 24.8 Å². The first kappa shape index (κ1) is 16.5. The van der Waals surface area contributed by atoms with Gasteiger partial charge in [0.2, 0.25) is 0 Å². The summed E-state index contributed by atoms with van der Waals surface area (Å²) in [5.74, 6) is 1.67. The maximum Gasteiger partial charge on any atom is 0.0492 e. The van der Waals surface area contributed by atoms with Crippen molar-refractivity contribution in [3.05, 3.63) is 18.0 Å². The molecule has 0 aliphatic heterocycles. The standard InChI is InChI=1S/C18H33N3/c1-6-19-17-13-14(2)7-8-16(17)18(3,4)11-9-15-10-12-20-21(15)5/h10,12,14,16-17,19H,6-9,11,13H2,1-5H3. The fourth-order valence-corrected chi connectivity index (χ4v) is 4.09. The van der Waals surface area contributed by atoms with Crippen molar-refractivity contribution in [2.75, 3.05) is 6.54 Å². The second-order valence-electron chi connectivity index (χ2n) is 7.62. The van der Waals surface area contributed by atoms with Gasteiger partial charge in [-0.15, -0.1) is 0 Å². The minimum absolute atomic E-state index is 0.386. The fourth-order valence-electron chi connectivity index (χ4n) is 4.09. The van der Waals surface area contributed by atoms with Gasteiger partial charge in [0.05, 0.1) is 0 Å². The Balaban J connectivity index is 2.00. The summed E-state index contributed by atoms with van der Waals surface area (Å²) < 4.78 is 2.01. The van der Waals surface area contributed by atoms with Gasteiger partial charge in [-0.3, -0.25) is 4.68 Å². The minimum Gasteiger partial charge on any atom is -0.314 e. The highest BCUT2D eigenvalue weighted by Gasteiger charge is 2.38. The van der Waals surface area contributed by atoms with Crippen molar-refractivity contribution < 1.29 is 0 Å². The summed E-state index contributed by atoms with van der Waals surface area (Å²) in [6.07, 6.45) is 8.39. The molecule has 3 heteroatoms. The van der Waals surface area contributed by atoms with Crippen molar-refractivity contribution in [1.29, 1.82) is 0 Å². The Kier molecular flexibility index (Phi) is 5.48. The molecular weight excluding hydrogens is 258 g/mol. The molecule has 3 atom stereocenters. The third-order valence-corrected chi connectivity index (χ3v) is 5.53. The van der Waals surface area contributed by atoms with Gasteiger partial charge < -0.3 is 5.32 Å². The molecule has 21 heavy (non-hydrogen) atoms. The Morgan fingerprint density at radius 2 is 2.14 bits per heavy atom. The maximum absolute atomic E-state index is 4.29. The van der Waals surface area contributed by atoms with Crippen molar-refractivity contribution in [2.24, 2.45) is 24.3 Å². The van der Waals surface area contributed by atoms with E-state index in [2.05, 4.69) is 44.2 Å². The molecule has 3 unspecified atom stereocenters. The van der Waals surface area contributed by atoms with E-state index in [9.17, 15) is 0 Å². The Labute approximate surface area is 130 Å². The lowest BCUT2D eigenvalue weighted by Crippen LogP contribution is -2.46. The van der Waals surface area contributed by atoms with Gasteiger partial charge in [0.25, 0.3) is 0 Å². The van der Waals surface area contributed by atoms with E-state index in [4.69, 9.17) is 0 Å². The van der Waals surface area contributed by atoms with E-state index < -0.39 is 0 Å². The number of hydrogen-bond acceptors (Lipinski definition) is 2. The summed E-state index contributed by atoms with van der Waals surface area (Å²) in [4.78, 5) is 0. The van der Waals surface area contributed by atoms with Crippen LogP contribution in [0.4, 0.5) is 0 Å². The highest BCUT2D eigenvalue weighted by atomic mass is 15.2. The molecule has 120 valence electrons. The lowest BCUT2D eigenvalue weighted by Gasteiger charge is -2.45. The van der Waals surface area contributed by atoms with Crippen molar-refractivity contribution in [3.8, 4) is 0 Å². The second kappa shape index (κ2) is 6.95. The van der Waals surface area contributed by atoms with Crippen LogP contribution in [0.15, 0.2) is 12.3 Å². The summed E-state index contributed by atoms with van der Waals surface area (Å²) in [5, 5.41) is 8.05. The first-order chi connectivity index (χ1) is 9.94. The third kappa shape index (κ3) is 4.09. The van der Waals surface area contributed by atoms with Crippen molar-refractivity contribution >= 4 is 0 Å². The molecule has 0 spiro atoms. The van der Waals surface area contributed by atoms with Crippen LogP contribution in [0.5, 0.6) is 0 Å². The van der Waals surface area contributed by atoms with E-state index in [1.165, 1.54) is 31.4 Å². The Morgan fingerprint density at radius 1 is 1.38 bits per heavy atom. The second-order valence-corrected chi connectivity index (χ2v) is 7.62. The van der Waals surface area contributed by atoms with E-state index in [0.29, 0.717) is 11.5 Å². The van der Waals surface area contributed by atoms with E-state index in [1.807, 2.05) is 17.9 Å². The molecule has 1 fully saturated rings. The van der Waals surface area contributed by atoms with Crippen molar-refractivity contribution in [2.45, 2.75) is 65.8 Å². The SMILES string of the molecule is CCNC1CC(C)CCC1C(C)(C)CCc1ccnn1C. The summed E-state index contributed by atoms with van der Waals surface area (Å²) in [7, 11) is 2.05. The molecule has 0 bridgehead atoms. The number of rotatable bonds is 6. The first-order valence-electron chi connectivity index (χ1n) is 8.64. The molecule has 1 aliphatic rings. The van der Waals surface area contributed by atoms with Gasteiger partial charge in [0, 0.05) is 25.0 Å². The molecule has 2 rings (SSSR count). The zero-order chi connectivity index (χ0) is 15.5. The van der Waals surface area contributed by atoms with Crippen LogP contribution in [-0.4, -0.2) is 22.4 Å². The molecule has 0 amide bonds. The first-order valence-corrected chi connectivity index (χ1v) is 8.64. The topological polar surface area (TPSA) is 29.9 Å². The number of nitrogens with zero attached hydrogens (tertiary/aromatic N) is 2. The molecule has 0 aromatic carbocycles. The lowest BCUT2D eigenvalue weighted by molar-refractivity contribution is 0.0873. The molecule has 1 aliphatic carbocycles. The number of nitrogens with one attached hydrogen (secondary N) is 1. The van der Waals surface area contributed by atoms with Gasteiger partial charge >= 0.3 is 0 Å². The monoisotopic (exact) mass is 291 g/mol. The predicted molar refractivity (Wildman–Crippen MR) is 89.3 cm³/mol. The van der Waals surface area contributed by atoms with Gasteiger partial charge in [0.15, 0.2) is 0 Å². The smallest absolute Gasteiger partial charge is 0.0492 e. The van der Waals surface area contributed by atoms with Gasteiger partial charge in [-0.25, -0.2) is 0 Å². The van der Waals surface area contributed by atoms with Crippen LogP contribution in [0, 0.1) is 17.3 Å². The molecule has 1 saturated carbocycles. The molecule has 1 aromatic heterocycles. The predicted octanol–water partition coefficient (Wildman–Crippen LogP) is 3.79. The van der Waals surface area contributed by atoms with Crippen LogP contribution >= 0.6 is 0 Å². The van der Waals surface area contributed by atoms with Crippen molar-refractivity contribution in [3.63, 3.8) is 0 Å². The maximum atomic E-state index is 4.29. The van der Waals surface area contributed by atoms with Gasteiger partial charge in [-0.1, -0.05) is 34.1 Å². The van der Waals surface area contributed by atoms with E-state index in [-0.39, 0.29) is 0 Å². The minimum atomic E-state index is 0.386. The van der Waals surface area contributed by atoms with Crippen LogP contribution in [-0.2, 0) is 13.5 Å². The Morgan fingerprint density at radius 3 is 2.76 bits per heavy atom. The zero-order valence-electron chi connectivity index (χ0n) is 14.5. The molecule has 1 aromatic rings. The fraction of sp³-hybridized carbons (Fsp3) is 0.833. The van der Waals surface area contributed by atoms with Crippen LogP contribution in [0.2, 0.25) is 0 Å². The van der Waals surface area contributed by atoms with Gasteiger partial charge in [0.1, 0.15) is 0 Å². The quantitative estimate of drug-likeness (QED) is 0.864. The van der Waals surface area contributed by atoms with Gasteiger partial charge in [-0.05, 0) is 55.5 Å².